The maximum atomic E-state index is 11.7. The Morgan fingerprint density at radius 2 is 1.57 bits per heavy atom. The van der Waals surface area contributed by atoms with Gasteiger partial charge in [-0.3, -0.25) is 20.4 Å². The molecule has 2 N–H and O–H groups in total. The third kappa shape index (κ3) is 5.03. The van der Waals surface area contributed by atoms with Gasteiger partial charge in [-0.15, -0.1) is 0 Å². The molecule has 2 amide bonds. The lowest BCUT2D eigenvalue weighted by atomic mass is 10.2. The molecular weight excluding hydrogens is 363 g/mol. The SMILES string of the molecule is O=C(COc1cc(Cl)c(Cl)cc1Cl)NNC(=O)c1ccccc1. The summed E-state index contributed by atoms with van der Waals surface area (Å²) in [7, 11) is 0. The Morgan fingerprint density at radius 1 is 0.913 bits per heavy atom. The van der Waals surface area contributed by atoms with Gasteiger partial charge >= 0.3 is 0 Å². The largest absolute Gasteiger partial charge is 0.482 e. The number of amides is 2. The van der Waals surface area contributed by atoms with Crippen LogP contribution in [0, 0.1) is 0 Å². The average molecular weight is 374 g/mol. The van der Waals surface area contributed by atoms with Gasteiger partial charge in [-0.05, 0) is 18.2 Å². The summed E-state index contributed by atoms with van der Waals surface area (Å²) in [4.78, 5) is 23.4. The molecule has 0 fully saturated rings. The van der Waals surface area contributed by atoms with Gasteiger partial charge in [-0.25, -0.2) is 0 Å². The molecule has 0 unspecified atom stereocenters. The predicted octanol–water partition coefficient (Wildman–Crippen LogP) is 3.49. The van der Waals surface area contributed by atoms with Gasteiger partial charge in [0.1, 0.15) is 5.75 Å². The lowest BCUT2D eigenvalue weighted by molar-refractivity contribution is -0.123. The molecule has 23 heavy (non-hydrogen) atoms. The zero-order chi connectivity index (χ0) is 16.8. The Balaban J connectivity index is 1.84. The average Bonchev–Trinajstić information content (AvgIpc) is 2.55. The number of hydrazine groups is 1. The molecule has 8 heteroatoms. The minimum absolute atomic E-state index is 0.214. The third-order valence-electron chi connectivity index (χ3n) is 2.69. The number of hydrogen-bond acceptors (Lipinski definition) is 3. The smallest absolute Gasteiger partial charge is 0.276 e. The molecule has 0 aromatic heterocycles. The number of carbonyl (C=O) groups is 2. The fraction of sp³-hybridized carbons (Fsp3) is 0.0667. The lowest BCUT2D eigenvalue weighted by Gasteiger charge is -2.10. The molecule has 5 nitrogen and oxygen atoms in total. The minimum Gasteiger partial charge on any atom is -0.482 e. The van der Waals surface area contributed by atoms with E-state index in [9.17, 15) is 9.59 Å². The number of ether oxygens (including phenoxy) is 1. The highest BCUT2D eigenvalue weighted by atomic mass is 35.5. The zero-order valence-corrected chi connectivity index (χ0v) is 13.9. The number of rotatable bonds is 4. The van der Waals surface area contributed by atoms with Gasteiger partial charge in [-0.2, -0.15) is 0 Å². The van der Waals surface area contributed by atoms with Crippen molar-refractivity contribution in [2.75, 3.05) is 6.61 Å². The summed E-state index contributed by atoms with van der Waals surface area (Å²) in [5.41, 5.74) is 4.92. The molecule has 2 rings (SSSR count). The molecule has 0 aliphatic heterocycles. The molecule has 0 aliphatic rings. The number of hydrogen-bond donors (Lipinski definition) is 2. The van der Waals surface area contributed by atoms with Gasteiger partial charge in [0.05, 0.1) is 15.1 Å². The van der Waals surface area contributed by atoms with Crippen molar-refractivity contribution in [1.29, 1.82) is 0 Å². The summed E-state index contributed by atoms with van der Waals surface area (Å²) in [6.07, 6.45) is 0. The van der Waals surface area contributed by atoms with Crippen LogP contribution in [0.15, 0.2) is 42.5 Å². The van der Waals surface area contributed by atoms with Gasteiger partial charge < -0.3 is 4.74 Å². The Bertz CT molecular complexity index is 723. The predicted molar refractivity (Wildman–Crippen MR) is 89.0 cm³/mol. The molecule has 0 spiro atoms. The van der Waals surface area contributed by atoms with Crippen LogP contribution in [0.4, 0.5) is 0 Å². The van der Waals surface area contributed by atoms with E-state index in [2.05, 4.69) is 10.9 Å². The molecule has 2 aromatic rings. The van der Waals surface area contributed by atoms with E-state index in [0.717, 1.165) is 0 Å². The lowest BCUT2D eigenvalue weighted by Crippen LogP contribution is -2.43. The van der Waals surface area contributed by atoms with Crippen LogP contribution >= 0.6 is 34.8 Å². The summed E-state index contributed by atoms with van der Waals surface area (Å²) in [6.45, 7) is -0.354. The second-order valence-corrected chi connectivity index (χ2v) is 5.58. The molecule has 0 saturated carbocycles. The molecule has 0 saturated heterocycles. The van der Waals surface area contributed by atoms with E-state index in [1.807, 2.05) is 0 Å². The van der Waals surface area contributed by atoms with E-state index in [1.54, 1.807) is 30.3 Å². The van der Waals surface area contributed by atoms with Gasteiger partial charge in [0.25, 0.3) is 11.8 Å². The van der Waals surface area contributed by atoms with Crippen LogP contribution in [0.2, 0.25) is 15.1 Å². The summed E-state index contributed by atoms with van der Waals surface area (Å²) < 4.78 is 5.23. The van der Waals surface area contributed by atoms with Crippen molar-refractivity contribution in [2.45, 2.75) is 0 Å². The van der Waals surface area contributed by atoms with Crippen molar-refractivity contribution >= 4 is 46.6 Å². The van der Waals surface area contributed by atoms with Crippen molar-refractivity contribution in [1.82, 2.24) is 10.9 Å². The van der Waals surface area contributed by atoms with Gasteiger partial charge in [0.15, 0.2) is 6.61 Å². The zero-order valence-electron chi connectivity index (χ0n) is 11.6. The fourth-order valence-electron chi connectivity index (χ4n) is 1.58. The number of carbonyl (C=O) groups excluding carboxylic acids is 2. The van der Waals surface area contributed by atoms with E-state index < -0.39 is 11.8 Å². The van der Waals surface area contributed by atoms with E-state index >= 15 is 0 Å². The van der Waals surface area contributed by atoms with Crippen LogP contribution < -0.4 is 15.6 Å². The second-order valence-electron chi connectivity index (χ2n) is 4.35. The van der Waals surface area contributed by atoms with Gasteiger partial charge in [0.2, 0.25) is 0 Å². The molecular formula is C15H11Cl3N2O3. The van der Waals surface area contributed by atoms with Crippen molar-refractivity contribution in [3.05, 3.63) is 63.1 Å². The Morgan fingerprint density at radius 3 is 2.26 bits per heavy atom. The topological polar surface area (TPSA) is 67.4 Å². The Labute approximate surface area is 147 Å². The highest BCUT2D eigenvalue weighted by molar-refractivity contribution is 6.43. The molecule has 2 aromatic carbocycles. The summed E-state index contributed by atoms with van der Waals surface area (Å²) >= 11 is 17.6. The number of benzene rings is 2. The molecule has 0 atom stereocenters. The first-order valence-electron chi connectivity index (χ1n) is 6.39. The van der Waals surface area contributed by atoms with E-state index in [1.165, 1.54) is 12.1 Å². The van der Waals surface area contributed by atoms with E-state index in [4.69, 9.17) is 39.5 Å². The van der Waals surface area contributed by atoms with Crippen LogP contribution in [0.3, 0.4) is 0 Å². The summed E-state index contributed by atoms with van der Waals surface area (Å²) in [5, 5.41) is 0.757. The summed E-state index contributed by atoms with van der Waals surface area (Å²) in [6, 6.07) is 11.3. The minimum atomic E-state index is -0.559. The molecule has 0 heterocycles. The first-order valence-corrected chi connectivity index (χ1v) is 7.52. The second kappa shape index (κ2) is 8.06. The van der Waals surface area contributed by atoms with Crippen molar-refractivity contribution in [3.63, 3.8) is 0 Å². The van der Waals surface area contributed by atoms with E-state index in [-0.39, 0.29) is 27.4 Å². The fourth-order valence-corrected chi connectivity index (χ4v) is 2.17. The van der Waals surface area contributed by atoms with Crippen LogP contribution in [0.1, 0.15) is 10.4 Å². The number of nitrogens with one attached hydrogen (secondary N) is 2. The van der Waals surface area contributed by atoms with Crippen molar-refractivity contribution < 1.29 is 14.3 Å². The maximum absolute atomic E-state index is 11.7. The molecule has 0 aliphatic carbocycles. The summed E-state index contributed by atoms with van der Waals surface area (Å²) in [5.74, 6) is -0.784. The van der Waals surface area contributed by atoms with Crippen molar-refractivity contribution in [3.8, 4) is 5.75 Å². The quantitative estimate of drug-likeness (QED) is 0.637. The Kier molecular flexibility index (Phi) is 6.10. The van der Waals surface area contributed by atoms with Gasteiger partial charge in [-0.1, -0.05) is 53.0 Å². The first-order chi connectivity index (χ1) is 11.0. The van der Waals surface area contributed by atoms with Crippen LogP contribution in [0.5, 0.6) is 5.75 Å². The van der Waals surface area contributed by atoms with Crippen LogP contribution in [0.25, 0.3) is 0 Å². The molecule has 0 radical (unpaired) electrons. The van der Waals surface area contributed by atoms with Gasteiger partial charge in [0, 0.05) is 11.6 Å². The highest BCUT2D eigenvalue weighted by Gasteiger charge is 2.10. The third-order valence-corrected chi connectivity index (χ3v) is 3.70. The first kappa shape index (κ1) is 17.4. The van der Waals surface area contributed by atoms with Crippen LogP contribution in [-0.4, -0.2) is 18.4 Å². The maximum Gasteiger partial charge on any atom is 0.276 e. The van der Waals surface area contributed by atoms with E-state index in [0.29, 0.717) is 5.56 Å². The highest BCUT2D eigenvalue weighted by Crippen LogP contribution is 2.33. The number of halogens is 3. The normalized spacial score (nSPS) is 10.0. The monoisotopic (exact) mass is 372 g/mol. The standard InChI is InChI=1S/C15H11Cl3N2O3/c16-10-6-12(18)13(7-11(10)17)23-8-14(21)19-20-15(22)9-4-2-1-3-5-9/h1-7H,8H2,(H,19,21)(H,20,22). The van der Waals surface area contributed by atoms with Crippen LogP contribution in [-0.2, 0) is 4.79 Å². The Hall–Kier alpha value is -1.95. The van der Waals surface area contributed by atoms with Crippen molar-refractivity contribution in [2.24, 2.45) is 0 Å². The molecule has 0 bridgehead atoms. The molecule has 120 valence electrons.